The predicted molar refractivity (Wildman–Crippen MR) is 158 cm³/mol. The summed E-state index contributed by atoms with van der Waals surface area (Å²) in [6, 6.07) is 20.5. The van der Waals surface area contributed by atoms with E-state index < -0.39 is 23.6 Å². The molecular formula is C28H20BrCl2N3O3S. The molecule has 10 heteroatoms. The second-order valence-electron chi connectivity index (χ2n) is 8.64. The average Bonchev–Trinajstić information content (AvgIpc) is 3.30. The molecule has 1 N–H and O–H groups in total. The van der Waals surface area contributed by atoms with E-state index in [1.165, 1.54) is 0 Å². The predicted octanol–water partition coefficient (Wildman–Crippen LogP) is 7.74. The quantitative estimate of drug-likeness (QED) is 0.222. The van der Waals surface area contributed by atoms with Gasteiger partial charge in [-0.2, -0.15) is 0 Å². The van der Waals surface area contributed by atoms with E-state index in [2.05, 4.69) is 25.8 Å². The van der Waals surface area contributed by atoms with Gasteiger partial charge in [0.1, 0.15) is 6.54 Å². The highest BCUT2D eigenvalue weighted by Crippen LogP contribution is 2.36. The zero-order chi connectivity index (χ0) is 27.0. The summed E-state index contributed by atoms with van der Waals surface area (Å²) in [5.74, 6) is -1.01. The summed E-state index contributed by atoms with van der Waals surface area (Å²) < 4.78 is 2.83. The molecule has 5 rings (SSSR count). The number of fused-ring (bicyclic) bond motifs is 1. The summed E-state index contributed by atoms with van der Waals surface area (Å²) in [7, 11) is 0. The number of carbonyl (C=O) groups excluding carboxylic acids is 3. The molecule has 1 saturated heterocycles. The van der Waals surface area contributed by atoms with E-state index in [1.807, 2.05) is 55.5 Å². The number of imide groups is 1. The first-order chi connectivity index (χ1) is 18.2. The number of amides is 3. The van der Waals surface area contributed by atoms with Crippen LogP contribution in [0.3, 0.4) is 0 Å². The second kappa shape index (κ2) is 11.0. The van der Waals surface area contributed by atoms with Gasteiger partial charge >= 0.3 is 0 Å². The van der Waals surface area contributed by atoms with Crippen LogP contribution in [0.15, 0.2) is 76.1 Å². The first kappa shape index (κ1) is 26.6. The molecule has 1 aromatic heterocycles. The molecule has 0 saturated carbocycles. The standard InChI is InChI=1S/C28H20BrCl2N3O3S/c1-16-20(19-7-3-5-9-24(19)33(16)14-17-6-2-4-8-22(17)30)13-25-27(36)34(28(37)38-25)15-26(35)32-18-10-11-21(29)23(31)12-18/h2-13H,14-15H2,1H3,(H,32,35)/b25-13-. The van der Waals surface area contributed by atoms with Gasteiger partial charge in [0.15, 0.2) is 0 Å². The highest BCUT2D eigenvalue weighted by Gasteiger charge is 2.36. The molecule has 0 spiro atoms. The van der Waals surface area contributed by atoms with Crippen LogP contribution >= 0.6 is 50.9 Å². The fourth-order valence-corrected chi connectivity index (χ4v) is 5.77. The third-order valence-electron chi connectivity index (χ3n) is 6.22. The normalized spacial score (nSPS) is 14.6. The molecule has 0 bridgehead atoms. The molecule has 0 aliphatic carbocycles. The molecule has 1 fully saturated rings. The topological polar surface area (TPSA) is 71.4 Å². The van der Waals surface area contributed by atoms with E-state index in [4.69, 9.17) is 23.2 Å². The Morgan fingerprint density at radius 1 is 1.03 bits per heavy atom. The minimum absolute atomic E-state index is 0.262. The Bertz CT molecular complexity index is 1650. The molecule has 3 aromatic carbocycles. The van der Waals surface area contributed by atoms with Crippen LogP contribution in [0.4, 0.5) is 10.5 Å². The maximum Gasteiger partial charge on any atom is 0.294 e. The Kier molecular flexibility index (Phi) is 7.68. The van der Waals surface area contributed by atoms with Crippen LogP contribution in [0.25, 0.3) is 17.0 Å². The van der Waals surface area contributed by atoms with Crippen LogP contribution in [0.5, 0.6) is 0 Å². The lowest BCUT2D eigenvalue weighted by molar-refractivity contribution is -0.127. The van der Waals surface area contributed by atoms with Gasteiger partial charge < -0.3 is 9.88 Å². The number of nitrogens with one attached hydrogen (secondary N) is 1. The number of thioether (sulfide) groups is 1. The first-order valence-electron chi connectivity index (χ1n) is 11.5. The Hall–Kier alpha value is -3.04. The molecule has 1 aliphatic heterocycles. The second-order valence-corrected chi connectivity index (χ2v) is 11.3. The van der Waals surface area contributed by atoms with Crippen molar-refractivity contribution in [2.45, 2.75) is 13.5 Å². The van der Waals surface area contributed by atoms with Gasteiger partial charge in [-0.3, -0.25) is 19.3 Å². The lowest BCUT2D eigenvalue weighted by atomic mass is 10.1. The summed E-state index contributed by atoms with van der Waals surface area (Å²) >= 11 is 16.6. The Labute approximate surface area is 241 Å². The Morgan fingerprint density at radius 3 is 2.53 bits per heavy atom. The monoisotopic (exact) mass is 627 g/mol. The van der Waals surface area contributed by atoms with Gasteiger partial charge in [0, 0.05) is 43.9 Å². The number of rotatable bonds is 6. The summed E-state index contributed by atoms with van der Waals surface area (Å²) in [4.78, 5) is 39.7. The molecular weight excluding hydrogens is 609 g/mol. The largest absolute Gasteiger partial charge is 0.340 e. The highest BCUT2D eigenvalue weighted by atomic mass is 79.9. The number of hydrogen-bond acceptors (Lipinski definition) is 4. The van der Waals surface area contributed by atoms with Gasteiger partial charge in [-0.1, -0.05) is 59.6 Å². The third-order valence-corrected chi connectivity index (χ3v) is 8.73. The van der Waals surface area contributed by atoms with Gasteiger partial charge in [-0.05, 0) is 76.6 Å². The fourth-order valence-electron chi connectivity index (χ4n) is 4.33. The van der Waals surface area contributed by atoms with E-state index in [1.54, 1.807) is 24.3 Å². The maximum absolute atomic E-state index is 13.2. The summed E-state index contributed by atoms with van der Waals surface area (Å²) in [5, 5.41) is 4.24. The SMILES string of the molecule is Cc1c(/C=C2\SC(=O)N(CC(=O)Nc3ccc(Br)c(Cl)c3)C2=O)c2ccccc2n1Cc1ccccc1Cl. The van der Waals surface area contributed by atoms with E-state index in [0.29, 0.717) is 26.8 Å². The van der Waals surface area contributed by atoms with Gasteiger partial charge in [0.05, 0.1) is 9.93 Å². The molecule has 3 amide bonds. The lowest BCUT2D eigenvalue weighted by Crippen LogP contribution is -2.36. The van der Waals surface area contributed by atoms with Crippen molar-refractivity contribution in [2.75, 3.05) is 11.9 Å². The van der Waals surface area contributed by atoms with Crippen LogP contribution < -0.4 is 5.32 Å². The minimum atomic E-state index is -0.508. The van der Waals surface area contributed by atoms with Crippen molar-refractivity contribution in [3.8, 4) is 0 Å². The van der Waals surface area contributed by atoms with E-state index in [-0.39, 0.29) is 4.91 Å². The van der Waals surface area contributed by atoms with E-state index in [9.17, 15) is 14.4 Å². The van der Waals surface area contributed by atoms with Gasteiger partial charge in [0.2, 0.25) is 5.91 Å². The van der Waals surface area contributed by atoms with Crippen LogP contribution in [-0.4, -0.2) is 33.1 Å². The van der Waals surface area contributed by atoms with Crippen molar-refractivity contribution >= 4 is 90.6 Å². The third kappa shape index (κ3) is 5.27. The molecule has 2 heterocycles. The zero-order valence-electron chi connectivity index (χ0n) is 20.0. The number of para-hydroxylation sites is 1. The Morgan fingerprint density at radius 2 is 1.76 bits per heavy atom. The van der Waals surface area contributed by atoms with Crippen LogP contribution in [0.2, 0.25) is 10.0 Å². The van der Waals surface area contributed by atoms with Crippen molar-refractivity contribution in [2.24, 2.45) is 0 Å². The van der Waals surface area contributed by atoms with Crippen LogP contribution in [0.1, 0.15) is 16.8 Å². The highest BCUT2D eigenvalue weighted by molar-refractivity contribution is 9.10. The summed E-state index contributed by atoms with van der Waals surface area (Å²) in [6.45, 7) is 2.13. The lowest BCUT2D eigenvalue weighted by Gasteiger charge is -2.12. The fraction of sp³-hybridized carbons (Fsp3) is 0.107. The van der Waals surface area contributed by atoms with Crippen molar-refractivity contribution in [3.05, 3.63) is 103 Å². The average molecular weight is 629 g/mol. The number of nitrogens with zero attached hydrogens (tertiary/aromatic N) is 2. The molecule has 192 valence electrons. The van der Waals surface area contributed by atoms with Gasteiger partial charge in [0.25, 0.3) is 11.1 Å². The molecule has 1 aliphatic rings. The number of anilines is 1. The molecule has 0 radical (unpaired) electrons. The van der Waals surface area contributed by atoms with E-state index in [0.717, 1.165) is 44.4 Å². The maximum atomic E-state index is 13.2. The van der Waals surface area contributed by atoms with Crippen molar-refractivity contribution < 1.29 is 14.4 Å². The minimum Gasteiger partial charge on any atom is -0.340 e. The number of carbonyl (C=O) groups is 3. The van der Waals surface area contributed by atoms with Crippen molar-refractivity contribution in [3.63, 3.8) is 0 Å². The number of hydrogen-bond donors (Lipinski definition) is 1. The summed E-state index contributed by atoms with van der Waals surface area (Å²) in [5.41, 5.74) is 4.20. The zero-order valence-corrected chi connectivity index (χ0v) is 23.9. The molecule has 0 unspecified atom stereocenters. The van der Waals surface area contributed by atoms with Crippen molar-refractivity contribution in [1.29, 1.82) is 0 Å². The Balaban J connectivity index is 1.41. The molecule has 4 aromatic rings. The number of benzene rings is 3. The van der Waals surface area contributed by atoms with Crippen LogP contribution in [-0.2, 0) is 16.1 Å². The first-order valence-corrected chi connectivity index (χ1v) is 13.9. The summed E-state index contributed by atoms with van der Waals surface area (Å²) in [6.07, 6.45) is 1.73. The molecule has 0 atom stereocenters. The van der Waals surface area contributed by atoms with E-state index >= 15 is 0 Å². The van der Waals surface area contributed by atoms with Gasteiger partial charge in [-0.15, -0.1) is 0 Å². The molecule has 6 nitrogen and oxygen atoms in total. The molecule has 38 heavy (non-hydrogen) atoms. The smallest absolute Gasteiger partial charge is 0.294 e. The van der Waals surface area contributed by atoms with Crippen LogP contribution in [0, 0.1) is 6.92 Å². The number of aromatic nitrogens is 1. The van der Waals surface area contributed by atoms with Gasteiger partial charge in [-0.25, -0.2) is 0 Å². The number of halogens is 3. The van der Waals surface area contributed by atoms with Crippen molar-refractivity contribution in [1.82, 2.24) is 9.47 Å².